The van der Waals surface area contributed by atoms with E-state index in [1.165, 1.54) is 0 Å². The van der Waals surface area contributed by atoms with Crippen molar-refractivity contribution in [2.75, 3.05) is 0 Å². The smallest absolute Gasteiger partial charge is 0.339 e. The summed E-state index contributed by atoms with van der Waals surface area (Å²) in [5.74, 6) is -0.314. The molecule has 0 aliphatic heterocycles. The van der Waals surface area contributed by atoms with E-state index in [1.54, 1.807) is 12.3 Å². The molecular formula is C16H24O3Si. The molecule has 0 aliphatic carbocycles. The number of hydrogen-bond donors (Lipinski definition) is 0. The largest absolute Gasteiger partial charge is 0.550 e. The van der Waals surface area contributed by atoms with E-state index in [4.69, 9.17) is 9.16 Å². The first kappa shape index (κ1) is 16.5. The number of ether oxygens (including phenoxy) is 1. The first-order valence-electron chi connectivity index (χ1n) is 6.75. The molecule has 0 amide bonds. The maximum atomic E-state index is 12.2. The first-order valence-corrected chi connectivity index (χ1v) is 10.2. The van der Waals surface area contributed by atoms with Gasteiger partial charge in [-0.2, -0.15) is 0 Å². The van der Waals surface area contributed by atoms with Crippen molar-refractivity contribution in [2.24, 2.45) is 0 Å². The highest BCUT2D eigenvalue weighted by atomic mass is 28.4. The van der Waals surface area contributed by atoms with Crippen molar-refractivity contribution < 1.29 is 14.0 Å². The molecule has 0 heterocycles. The summed E-state index contributed by atoms with van der Waals surface area (Å²) >= 11 is 0. The van der Waals surface area contributed by atoms with Gasteiger partial charge in [-0.05, 0) is 58.1 Å². The van der Waals surface area contributed by atoms with Crippen LogP contribution in [0.4, 0.5) is 0 Å². The van der Waals surface area contributed by atoms with Gasteiger partial charge < -0.3 is 9.16 Å². The Hall–Kier alpha value is -1.55. The van der Waals surface area contributed by atoms with Gasteiger partial charge in [0.05, 0.1) is 11.8 Å². The van der Waals surface area contributed by atoms with Crippen molar-refractivity contribution in [3.63, 3.8) is 0 Å². The number of esters is 1. The Labute approximate surface area is 122 Å². The van der Waals surface area contributed by atoms with Gasteiger partial charge in [0, 0.05) is 0 Å². The van der Waals surface area contributed by atoms with Gasteiger partial charge in [0.25, 0.3) is 0 Å². The van der Waals surface area contributed by atoms with Gasteiger partial charge in [-0.15, -0.1) is 0 Å². The van der Waals surface area contributed by atoms with E-state index >= 15 is 0 Å². The van der Waals surface area contributed by atoms with E-state index in [0.717, 1.165) is 5.56 Å². The molecule has 1 aromatic rings. The molecule has 0 aromatic heterocycles. The Morgan fingerprint density at radius 1 is 1.15 bits per heavy atom. The predicted molar refractivity (Wildman–Crippen MR) is 85.1 cm³/mol. The zero-order chi connectivity index (χ0) is 15.4. The molecule has 0 atom stereocenters. The summed E-state index contributed by atoms with van der Waals surface area (Å²) in [5, 5.41) is 0. The lowest BCUT2D eigenvalue weighted by atomic mass is 10.1. The third-order valence-electron chi connectivity index (χ3n) is 2.25. The van der Waals surface area contributed by atoms with Gasteiger partial charge in [0.2, 0.25) is 8.32 Å². The minimum atomic E-state index is -1.60. The lowest BCUT2D eigenvalue weighted by Gasteiger charge is -2.20. The Morgan fingerprint density at radius 2 is 1.75 bits per heavy atom. The first-order chi connectivity index (χ1) is 9.08. The van der Waals surface area contributed by atoms with E-state index in [1.807, 2.05) is 45.0 Å². The summed E-state index contributed by atoms with van der Waals surface area (Å²) in [4.78, 5) is 12.2. The average molecular weight is 292 g/mol. The monoisotopic (exact) mass is 292 g/mol. The van der Waals surface area contributed by atoms with Crippen LogP contribution in [0.2, 0.25) is 19.6 Å². The second-order valence-corrected chi connectivity index (χ2v) is 11.1. The van der Waals surface area contributed by atoms with Crippen molar-refractivity contribution >= 4 is 20.4 Å². The summed E-state index contributed by atoms with van der Waals surface area (Å²) in [6.07, 6.45) is 3.49. The summed E-state index contributed by atoms with van der Waals surface area (Å²) in [6, 6.07) is 7.36. The average Bonchev–Trinajstić information content (AvgIpc) is 2.25. The predicted octanol–water partition coefficient (Wildman–Crippen LogP) is 4.46. The van der Waals surface area contributed by atoms with Gasteiger partial charge in [-0.25, -0.2) is 4.79 Å². The van der Waals surface area contributed by atoms with Crippen LogP contribution < -0.4 is 0 Å². The maximum Gasteiger partial charge on any atom is 0.339 e. The number of carbonyl (C=O) groups is 1. The SMILES string of the molecule is CC(C)(C)OC(=O)c1ccccc1C=CO[Si](C)(C)C. The van der Waals surface area contributed by atoms with Crippen LogP contribution >= 0.6 is 0 Å². The standard InChI is InChI=1S/C16H24O3Si/c1-16(2,3)19-15(17)14-10-8-7-9-13(14)11-12-18-20(4,5)6/h7-12H,1-6H3. The van der Waals surface area contributed by atoms with Crippen LogP contribution in [0.1, 0.15) is 36.7 Å². The van der Waals surface area contributed by atoms with Gasteiger partial charge in [0.1, 0.15) is 5.60 Å². The van der Waals surface area contributed by atoms with E-state index in [0.29, 0.717) is 5.56 Å². The van der Waals surface area contributed by atoms with Crippen LogP contribution in [-0.4, -0.2) is 19.9 Å². The summed E-state index contributed by atoms with van der Waals surface area (Å²) < 4.78 is 11.1. The molecule has 0 fully saturated rings. The Kier molecular flexibility index (Phi) is 5.17. The molecule has 0 bridgehead atoms. The van der Waals surface area contributed by atoms with Gasteiger partial charge in [-0.3, -0.25) is 0 Å². The topological polar surface area (TPSA) is 35.5 Å². The fourth-order valence-corrected chi connectivity index (χ4v) is 1.95. The molecule has 0 unspecified atom stereocenters. The van der Waals surface area contributed by atoms with Crippen LogP contribution in [-0.2, 0) is 9.16 Å². The van der Waals surface area contributed by atoms with Gasteiger partial charge in [0.15, 0.2) is 0 Å². The zero-order valence-corrected chi connectivity index (χ0v) is 14.2. The summed E-state index contributed by atoms with van der Waals surface area (Å²) in [5.41, 5.74) is 0.862. The van der Waals surface area contributed by atoms with Gasteiger partial charge in [-0.1, -0.05) is 18.2 Å². The minimum absolute atomic E-state index is 0.314. The maximum absolute atomic E-state index is 12.2. The van der Waals surface area contributed by atoms with Crippen LogP contribution in [0.25, 0.3) is 6.08 Å². The Morgan fingerprint density at radius 3 is 2.30 bits per heavy atom. The molecule has 3 nitrogen and oxygen atoms in total. The number of hydrogen-bond acceptors (Lipinski definition) is 3. The molecule has 0 aliphatic rings. The Bertz CT molecular complexity index is 493. The highest BCUT2D eigenvalue weighted by Gasteiger charge is 2.19. The summed E-state index contributed by atoms with van der Waals surface area (Å²) in [7, 11) is -1.60. The number of carbonyl (C=O) groups excluding carboxylic acids is 1. The van der Waals surface area contributed by atoms with E-state index in [2.05, 4.69) is 19.6 Å². The van der Waals surface area contributed by atoms with Crippen LogP contribution in [0.15, 0.2) is 30.5 Å². The Balaban J connectivity index is 2.91. The van der Waals surface area contributed by atoms with Crippen LogP contribution in [0, 0.1) is 0 Å². The second kappa shape index (κ2) is 6.26. The van der Waals surface area contributed by atoms with E-state index in [9.17, 15) is 4.79 Å². The van der Waals surface area contributed by atoms with Crippen molar-refractivity contribution in [1.29, 1.82) is 0 Å². The third-order valence-corrected chi connectivity index (χ3v) is 3.09. The minimum Gasteiger partial charge on any atom is -0.550 e. The number of benzene rings is 1. The highest BCUT2D eigenvalue weighted by Crippen LogP contribution is 2.17. The summed E-state index contributed by atoms with van der Waals surface area (Å²) in [6.45, 7) is 11.9. The van der Waals surface area contributed by atoms with Crippen molar-refractivity contribution in [3.8, 4) is 0 Å². The van der Waals surface area contributed by atoms with E-state index < -0.39 is 13.9 Å². The lowest BCUT2D eigenvalue weighted by Crippen LogP contribution is -2.24. The molecule has 1 aromatic carbocycles. The molecule has 20 heavy (non-hydrogen) atoms. The zero-order valence-electron chi connectivity index (χ0n) is 13.2. The molecule has 0 radical (unpaired) electrons. The second-order valence-electron chi connectivity index (χ2n) is 6.62. The van der Waals surface area contributed by atoms with Crippen molar-refractivity contribution in [2.45, 2.75) is 46.0 Å². The molecule has 1 rings (SSSR count). The molecule has 0 saturated carbocycles. The molecule has 0 N–H and O–H groups in total. The fourth-order valence-electron chi connectivity index (χ4n) is 1.47. The molecule has 4 heteroatoms. The van der Waals surface area contributed by atoms with Crippen LogP contribution in [0.5, 0.6) is 0 Å². The fraction of sp³-hybridized carbons (Fsp3) is 0.438. The molecule has 110 valence electrons. The normalized spacial score (nSPS) is 12.5. The lowest BCUT2D eigenvalue weighted by molar-refractivity contribution is 0.00693. The van der Waals surface area contributed by atoms with Gasteiger partial charge >= 0.3 is 5.97 Å². The molecular weight excluding hydrogens is 268 g/mol. The van der Waals surface area contributed by atoms with E-state index in [-0.39, 0.29) is 5.97 Å². The number of rotatable bonds is 4. The van der Waals surface area contributed by atoms with Crippen molar-refractivity contribution in [3.05, 3.63) is 41.7 Å². The molecule has 0 saturated heterocycles. The third kappa shape index (κ3) is 6.06. The highest BCUT2D eigenvalue weighted by molar-refractivity contribution is 6.69. The van der Waals surface area contributed by atoms with Crippen molar-refractivity contribution in [1.82, 2.24) is 0 Å². The van der Waals surface area contributed by atoms with Crippen LogP contribution in [0.3, 0.4) is 0 Å². The molecule has 0 spiro atoms. The quantitative estimate of drug-likeness (QED) is 0.467.